The number of phenolic OH excluding ortho intramolecular Hbond substituents is 1. The molecular weight excluding hydrogens is 514 g/mol. The predicted molar refractivity (Wildman–Crippen MR) is 135 cm³/mol. The first kappa shape index (κ1) is 24.3. The second kappa shape index (κ2) is 10.2. The van der Waals surface area contributed by atoms with Crippen LogP contribution < -0.4 is 9.47 Å². The van der Waals surface area contributed by atoms with Gasteiger partial charge in [0.2, 0.25) is 0 Å². The molecule has 7 nitrogen and oxygen atoms in total. The molecule has 0 spiro atoms. The summed E-state index contributed by atoms with van der Waals surface area (Å²) in [6.07, 6.45) is 0.445. The van der Waals surface area contributed by atoms with Crippen molar-refractivity contribution in [2.24, 2.45) is 0 Å². The van der Waals surface area contributed by atoms with Crippen molar-refractivity contribution in [1.82, 2.24) is 4.90 Å². The van der Waals surface area contributed by atoms with Gasteiger partial charge in [-0.2, -0.15) is 0 Å². The molecule has 0 aliphatic carbocycles. The number of aliphatic hydroxyl groups excluding tert-OH is 1. The van der Waals surface area contributed by atoms with Gasteiger partial charge in [0, 0.05) is 16.6 Å². The van der Waals surface area contributed by atoms with Crippen LogP contribution in [0.5, 0.6) is 17.2 Å². The molecule has 0 aromatic heterocycles. The lowest BCUT2D eigenvalue weighted by Gasteiger charge is -2.25. The number of aromatic hydroxyl groups is 1. The van der Waals surface area contributed by atoms with E-state index in [0.29, 0.717) is 29.0 Å². The van der Waals surface area contributed by atoms with Crippen molar-refractivity contribution >= 4 is 33.4 Å². The standard InChI is InChI=1S/C27H24BrNO6/c1-34-21-12-3-16(15-22(21)35-2)13-14-29-24(17-6-10-20(30)11-7-17)23(26(32)27(29)33)25(31)18-4-8-19(28)9-5-18/h3-12,15,24,30-31H,13-14H2,1-2H3. The third kappa shape index (κ3) is 4.88. The minimum absolute atomic E-state index is 0.00956. The molecule has 0 saturated carbocycles. The first-order valence-electron chi connectivity index (χ1n) is 10.9. The Morgan fingerprint density at radius 2 is 1.60 bits per heavy atom. The summed E-state index contributed by atoms with van der Waals surface area (Å²) in [5, 5.41) is 20.9. The number of methoxy groups -OCH3 is 2. The molecular formula is C27H24BrNO6. The maximum atomic E-state index is 13.1. The molecule has 0 bridgehead atoms. The molecule has 4 rings (SSSR count). The molecule has 1 atom stereocenters. The Morgan fingerprint density at radius 1 is 0.943 bits per heavy atom. The Labute approximate surface area is 211 Å². The Kier molecular flexibility index (Phi) is 7.12. The number of amides is 1. The van der Waals surface area contributed by atoms with E-state index in [1.165, 1.54) is 17.0 Å². The first-order chi connectivity index (χ1) is 16.8. The number of ether oxygens (including phenoxy) is 2. The average Bonchev–Trinajstić information content (AvgIpc) is 3.12. The van der Waals surface area contributed by atoms with Crippen LogP contribution in [0.25, 0.3) is 5.76 Å². The highest BCUT2D eigenvalue weighted by atomic mass is 79.9. The minimum atomic E-state index is -0.806. The van der Waals surface area contributed by atoms with Crippen molar-refractivity contribution in [3.8, 4) is 17.2 Å². The second-order valence-corrected chi connectivity index (χ2v) is 8.95. The Morgan fingerprint density at radius 3 is 2.23 bits per heavy atom. The monoisotopic (exact) mass is 537 g/mol. The Bertz CT molecular complexity index is 1280. The molecule has 35 heavy (non-hydrogen) atoms. The van der Waals surface area contributed by atoms with Crippen molar-refractivity contribution in [2.45, 2.75) is 12.5 Å². The van der Waals surface area contributed by atoms with Crippen LogP contribution in [0.4, 0.5) is 0 Å². The van der Waals surface area contributed by atoms with E-state index in [2.05, 4.69) is 15.9 Å². The highest BCUT2D eigenvalue weighted by Gasteiger charge is 2.45. The summed E-state index contributed by atoms with van der Waals surface area (Å²) in [5.74, 6) is -0.475. The molecule has 1 amide bonds. The number of hydrogen-bond donors (Lipinski definition) is 2. The summed E-state index contributed by atoms with van der Waals surface area (Å²) in [6.45, 7) is 0.225. The summed E-state index contributed by atoms with van der Waals surface area (Å²) in [4.78, 5) is 27.7. The van der Waals surface area contributed by atoms with Crippen LogP contribution in [0.1, 0.15) is 22.7 Å². The summed E-state index contributed by atoms with van der Waals surface area (Å²) in [5.41, 5.74) is 1.93. The largest absolute Gasteiger partial charge is 0.508 e. The van der Waals surface area contributed by atoms with Gasteiger partial charge in [-0.05, 0) is 53.9 Å². The van der Waals surface area contributed by atoms with Crippen LogP contribution in [0.3, 0.4) is 0 Å². The van der Waals surface area contributed by atoms with Gasteiger partial charge in [0.05, 0.1) is 25.8 Å². The number of hydrogen-bond acceptors (Lipinski definition) is 6. The molecule has 1 fully saturated rings. The summed E-state index contributed by atoms with van der Waals surface area (Å²) < 4.78 is 11.5. The summed E-state index contributed by atoms with van der Waals surface area (Å²) in [6, 6.07) is 17.8. The maximum Gasteiger partial charge on any atom is 0.295 e. The number of aliphatic hydroxyl groups is 1. The number of likely N-dealkylation sites (tertiary alicyclic amines) is 1. The van der Waals surface area contributed by atoms with Crippen LogP contribution in [0, 0.1) is 0 Å². The normalized spacial score (nSPS) is 17.0. The smallest absolute Gasteiger partial charge is 0.295 e. The van der Waals surface area contributed by atoms with Gasteiger partial charge in [-0.25, -0.2) is 0 Å². The molecule has 3 aromatic rings. The molecule has 0 radical (unpaired) electrons. The van der Waals surface area contributed by atoms with Crippen molar-refractivity contribution in [3.05, 3.63) is 93.5 Å². The molecule has 3 aromatic carbocycles. The number of nitrogens with zero attached hydrogens (tertiary/aromatic N) is 1. The van der Waals surface area contributed by atoms with E-state index in [1.807, 2.05) is 12.1 Å². The quantitative estimate of drug-likeness (QED) is 0.254. The van der Waals surface area contributed by atoms with Crippen LogP contribution >= 0.6 is 15.9 Å². The van der Waals surface area contributed by atoms with E-state index in [1.54, 1.807) is 56.7 Å². The lowest BCUT2D eigenvalue weighted by molar-refractivity contribution is -0.139. The van der Waals surface area contributed by atoms with Crippen LogP contribution in [-0.4, -0.2) is 47.6 Å². The zero-order valence-electron chi connectivity index (χ0n) is 19.2. The number of ketones is 1. The van der Waals surface area contributed by atoms with E-state index in [4.69, 9.17) is 9.47 Å². The minimum Gasteiger partial charge on any atom is -0.508 e. The van der Waals surface area contributed by atoms with E-state index < -0.39 is 17.7 Å². The highest BCUT2D eigenvalue weighted by molar-refractivity contribution is 9.10. The predicted octanol–water partition coefficient (Wildman–Crippen LogP) is 4.84. The molecule has 2 N–H and O–H groups in total. The second-order valence-electron chi connectivity index (χ2n) is 8.03. The van der Waals surface area contributed by atoms with Crippen LogP contribution in [-0.2, 0) is 16.0 Å². The SMILES string of the molecule is COc1ccc(CCN2C(=O)C(=O)C(=C(O)c3ccc(Br)cc3)C2c2ccc(O)cc2)cc1OC. The number of carbonyl (C=O) groups excluding carboxylic acids is 2. The third-order valence-corrected chi connectivity index (χ3v) is 6.48. The fourth-order valence-corrected chi connectivity index (χ4v) is 4.43. The molecule has 1 unspecified atom stereocenters. The topological polar surface area (TPSA) is 96.3 Å². The van der Waals surface area contributed by atoms with Gasteiger partial charge in [-0.1, -0.05) is 46.3 Å². The summed E-state index contributed by atoms with van der Waals surface area (Å²) in [7, 11) is 3.10. The van der Waals surface area contributed by atoms with Gasteiger partial charge in [0.25, 0.3) is 11.7 Å². The highest BCUT2D eigenvalue weighted by Crippen LogP contribution is 2.40. The molecule has 1 heterocycles. The van der Waals surface area contributed by atoms with Gasteiger partial charge in [0.1, 0.15) is 11.5 Å². The van der Waals surface area contributed by atoms with Crippen molar-refractivity contribution in [2.75, 3.05) is 20.8 Å². The zero-order chi connectivity index (χ0) is 25.1. The molecule has 1 saturated heterocycles. The van der Waals surface area contributed by atoms with Crippen molar-refractivity contribution in [3.63, 3.8) is 0 Å². The van der Waals surface area contributed by atoms with E-state index in [0.717, 1.165) is 10.0 Å². The number of benzene rings is 3. The van der Waals surface area contributed by atoms with Crippen molar-refractivity contribution in [1.29, 1.82) is 0 Å². The number of Topliss-reactive ketones (excluding diaryl/α,β-unsaturated/α-hetero) is 1. The third-order valence-electron chi connectivity index (χ3n) is 5.96. The zero-order valence-corrected chi connectivity index (χ0v) is 20.8. The van der Waals surface area contributed by atoms with Gasteiger partial charge in [0.15, 0.2) is 11.5 Å². The average molecular weight is 538 g/mol. The number of phenols is 1. The van der Waals surface area contributed by atoms with E-state index in [-0.39, 0.29) is 23.6 Å². The first-order valence-corrected chi connectivity index (χ1v) is 11.7. The lowest BCUT2D eigenvalue weighted by atomic mass is 9.95. The fraction of sp³-hybridized carbons (Fsp3) is 0.185. The number of carbonyl (C=O) groups is 2. The molecule has 1 aliphatic heterocycles. The van der Waals surface area contributed by atoms with E-state index in [9.17, 15) is 19.8 Å². The summed E-state index contributed by atoms with van der Waals surface area (Å²) >= 11 is 3.36. The van der Waals surface area contributed by atoms with Gasteiger partial charge in [-0.15, -0.1) is 0 Å². The van der Waals surface area contributed by atoms with E-state index >= 15 is 0 Å². The van der Waals surface area contributed by atoms with Gasteiger partial charge >= 0.3 is 0 Å². The lowest BCUT2D eigenvalue weighted by Crippen LogP contribution is -2.31. The van der Waals surface area contributed by atoms with Crippen LogP contribution in [0.2, 0.25) is 0 Å². The number of halogens is 1. The van der Waals surface area contributed by atoms with Crippen molar-refractivity contribution < 1.29 is 29.3 Å². The molecule has 180 valence electrons. The maximum absolute atomic E-state index is 13.1. The van der Waals surface area contributed by atoms with Gasteiger partial charge < -0.3 is 24.6 Å². The Balaban J connectivity index is 1.73. The molecule has 8 heteroatoms. The fourth-order valence-electron chi connectivity index (χ4n) is 4.16. The molecule has 1 aliphatic rings. The van der Waals surface area contributed by atoms with Crippen LogP contribution in [0.15, 0.2) is 76.8 Å². The Hall–Kier alpha value is -3.78. The van der Waals surface area contributed by atoms with Gasteiger partial charge in [-0.3, -0.25) is 9.59 Å². The number of rotatable bonds is 7.